The molecule has 0 aromatic carbocycles. The van der Waals surface area contributed by atoms with Crippen molar-refractivity contribution in [3.63, 3.8) is 0 Å². The number of nitrogens with zero attached hydrogens (tertiary/aromatic N) is 2. The molecule has 0 radical (unpaired) electrons. The van der Waals surface area contributed by atoms with Crippen LogP contribution in [0.4, 0.5) is 5.82 Å². The first-order valence-corrected chi connectivity index (χ1v) is 7.41. The van der Waals surface area contributed by atoms with Gasteiger partial charge < -0.3 is 10.0 Å². The molecule has 0 unspecified atom stereocenters. The summed E-state index contributed by atoms with van der Waals surface area (Å²) in [7, 11) is -1.29. The second-order valence-electron chi connectivity index (χ2n) is 3.86. The molecule has 0 aliphatic heterocycles. The summed E-state index contributed by atoms with van der Waals surface area (Å²) in [5.74, 6) is 0.552. The molecule has 0 fully saturated rings. The van der Waals surface area contributed by atoms with Crippen LogP contribution in [0.5, 0.6) is 0 Å². The van der Waals surface area contributed by atoms with Gasteiger partial charge in [-0.25, -0.2) is 13.4 Å². The highest BCUT2D eigenvalue weighted by molar-refractivity contribution is 7.90. The van der Waals surface area contributed by atoms with E-state index >= 15 is 0 Å². The van der Waals surface area contributed by atoms with Crippen LogP contribution in [0.25, 0.3) is 0 Å². The Balaban J connectivity index is 2.79. The fourth-order valence-electron chi connectivity index (χ4n) is 1.25. The van der Waals surface area contributed by atoms with Crippen LogP contribution in [0, 0.1) is 0 Å². The van der Waals surface area contributed by atoms with E-state index in [-0.39, 0.29) is 12.4 Å². The summed E-state index contributed by atoms with van der Waals surface area (Å²) in [5.41, 5.74) is 0.621. The maximum Gasteiger partial charge on any atom is 0.149 e. The molecule has 1 aromatic heterocycles. The third-order valence-corrected chi connectivity index (χ3v) is 3.42. The summed E-state index contributed by atoms with van der Waals surface area (Å²) >= 11 is 5.99. The van der Waals surface area contributed by atoms with Gasteiger partial charge in [-0.1, -0.05) is 11.6 Å². The molecule has 1 heterocycles. The predicted molar refractivity (Wildman–Crippen MR) is 68.2 cm³/mol. The van der Waals surface area contributed by atoms with Gasteiger partial charge in [0.1, 0.15) is 15.7 Å². The lowest BCUT2D eigenvalue weighted by molar-refractivity contribution is 0.281. The minimum absolute atomic E-state index is 0.0449. The third-order valence-electron chi connectivity index (χ3n) is 2.22. The van der Waals surface area contributed by atoms with Crippen LogP contribution in [0.3, 0.4) is 0 Å². The van der Waals surface area contributed by atoms with Gasteiger partial charge in [-0.3, -0.25) is 0 Å². The number of aliphatic hydroxyl groups is 1. The van der Waals surface area contributed by atoms with Gasteiger partial charge in [0.05, 0.1) is 17.4 Å². The molecule has 1 rings (SSSR count). The van der Waals surface area contributed by atoms with Crippen molar-refractivity contribution < 1.29 is 13.5 Å². The molecule has 0 saturated heterocycles. The van der Waals surface area contributed by atoms with Gasteiger partial charge in [0.15, 0.2) is 0 Å². The van der Waals surface area contributed by atoms with E-state index in [0.717, 1.165) is 0 Å². The maximum atomic E-state index is 11.0. The molecule has 0 saturated carbocycles. The number of hydrogen-bond acceptors (Lipinski definition) is 5. The highest BCUT2D eigenvalue weighted by Gasteiger charge is 2.11. The van der Waals surface area contributed by atoms with Crippen LogP contribution >= 0.6 is 11.6 Å². The molecule has 7 heteroatoms. The highest BCUT2D eigenvalue weighted by atomic mass is 35.5. The lowest BCUT2D eigenvalue weighted by Gasteiger charge is -2.19. The largest absolute Gasteiger partial charge is 0.392 e. The molecule has 0 amide bonds. The molecule has 1 N–H and O–H groups in total. The molecular weight excluding hydrogens is 264 g/mol. The van der Waals surface area contributed by atoms with E-state index in [0.29, 0.717) is 22.9 Å². The summed E-state index contributed by atoms with van der Waals surface area (Å²) in [5, 5.41) is 9.31. The molecule has 5 nitrogen and oxygen atoms in total. The van der Waals surface area contributed by atoms with Crippen molar-refractivity contribution in [1.82, 2.24) is 4.98 Å². The van der Waals surface area contributed by atoms with Gasteiger partial charge in [-0.05, 0) is 11.6 Å². The topological polar surface area (TPSA) is 70.5 Å². The molecule has 0 atom stereocenters. The number of sulfone groups is 1. The average Bonchev–Trinajstić information content (AvgIpc) is 2.24. The SMILES string of the molecule is CN(CCS(C)(=O)=O)c1ncc(CO)cc1Cl. The number of anilines is 1. The van der Waals surface area contributed by atoms with E-state index in [9.17, 15) is 8.42 Å². The second kappa shape index (κ2) is 5.66. The Morgan fingerprint density at radius 1 is 1.53 bits per heavy atom. The summed E-state index contributed by atoms with van der Waals surface area (Å²) in [4.78, 5) is 5.76. The van der Waals surface area contributed by atoms with Gasteiger partial charge in [0.25, 0.3) is 0 Å². The molecule has 96 valence electrons. The highest BCUT2D eigenvalue weighted by Crippen LogP contribution is 2.23. The molecule has 0 spiro atoms. The molecule has 0 aliphatic carbocycles. The van der Waals surface area contributed by atoms with E-state index in [1.807, 2.05) is 0 Å². The van der Waals surface area contributed by atoms with Crippen LogP contribution in [0.1, 0.15) is 5.56 Å². The summed E-state index contributed by atoms with van der Waals surface area (Å²) in [6, 6.07) is 1.61. The first-order valence-electron chi connectivity index (χ1n) is 4.97. The maximum absolute atomic E-state index is 11.0. The first-order chi connectivity index (χ1) is 7.83. The van der Waals surface area contributed by atoms with Gasteiger partial charge in [0, 0.05) is 26.0 Å². The van der Waals surface area contributed by atoms with Gasteiger partial charge in [-0.2, -0.15) is 0 Å². The van der Waals surface area contributed by atoms with Crippen molar-refractivity contribution in [2.24, 2.45) is 0 Å². The van der Waals surface area contributed by atoms with Crippen molar-refractivity contribution in [3.8, 4) is 0 Å². The lowest BCUT2D eigenvalue weighted by atomic mass is 10.3. The van der Waals surface area contributed by atoms with Crippen LogP contribution in [0.15, 0.2) is 12.3 Å². The summed E-state index contributed by atoms with van der Waals surface area (Å²) in [6.07, 6.45) is 2.70. The van der Waals surface area contributed by atoms with Crippen LogP contribution in [-0.2, 0) is 16.4 Å². The lowest BCUT2D eigenvalue weighted by Crippen LogP contribution is -2.25. The molecular formula is C10H15ClN2O3S. The van der Waals surface area contributed by atoms with Crippen LogP contribution in [0.2, 0.25) is 5.02 Å². The number of pyridine rings is 1. The van der Waals surface area contributed by atoms with Crippen molar-refractivity contribution in [3.05, 3.63) is 22.8 Å². The Kier molecular flexibility index (Phi) is 4.73. The number of aromatic nitrogens is 1. The number of rotatable bonds is 5. The molecule has 0 aliphatic rings. The predicted octanol–water partition coefficient (Wildman–Crippen LogP) is 0.708. The average molecular weight is 279 g/mol. The smallest absolute Gasteiger partial charge is 0.149 e. The van der Waals surface area contributed by atoms with E-state index in [2.05, 4.69) is 4.98 Å². The van der Waals surface area contributed by atoms with Crippen LogP contribution < -0.4 is 4.90 Å². The number of halogens is 1. The van der Waals surface area contributed by atoms with E-state index in [1.54, 1.807) is 18.0 Å². The quantitative estimate of drug-likeness (QED) is 0.859. The normalized spacial score (nSPS) is 11.5. The van der Waals surface area contributed by atoms with Gasteiger partial charge >= 0.3 is 0 Å². The molecule has 1 aromatic rings. The zero-order valence-electron chi connectivity index (χ0n) is 9.72. The Bertz CT molecular complexity index is 490. The minimum atomic E-state index is -3.01. The first kappa shape index (κ1) is 14.2. The number of hydrogen-bond donors (Lipinski definition) is 1. The third kappa shape index (κ3) is 4.49. The number of aliphatic hydroxyl groups excluding tert-OH is 1. The van der Waals surface area contributed by atoms with Crippen molar-refractivity contribution in [2.45, 2.75) is 6.61 Å². The standard InChI is InChI=1S/C10H15ClN2O3S/c1-13(3-4-17(2,15)16)10-9(11)5-8(7-14)6-12-10/h5-6,14H,3-4,7H2,1-2H3. The summed E-state index contributed by atoms with van der Waals surface area (Å²) in [6.45, 7) is 0.198. The van der Waals surface area contributed by atoms with Gasteiger partial charge in [0.2, 0.25) is 0 Å². The van der Waals surface area contributed by atoms with Crippen molar-refractivity contribution >= 4 is 27.3 Å². The van der Waals surface area contributed by atoms with Crippen molar-refractivity contribution in [1.29, 1.82) is 0 Å². The van der Waals surface area contributed by atoms with E-state index in [4.69, 9.17) is 16.7 Å². The second-order valence-corrected chi connectivity index (χ2v) is 6.53. The Labute approximate surface area is 106 Å². The van der Waals surface area contributed by atoms with Gasteiger partial charge in [-0.15, -0.1) is 0 Å². The van der Waals surface area contributed by atoms with E-state index < -0.39 is 9.84 Å². The fraction of sp³-hybridized carbons (Fsp3) is 0.500. The van der Waals surface area contributed by atoms with Crippen LogP contribution in [-0.4, -0.2) is 44.1 Å². The van der Waals surface area contributed by atoms with E-state index in [1.165, 1.54) is 12.5 Å². The molecule has 17 heavy (non-hydrogen) atoms. The minimum Gasteiger partial charge on any atom is -0.392 e. The summed E-state index contributed by atoms with van der Waals surface area (Å²) < 4.78 is 22.1. The Morgan fingerprint density at radius 2 is 2.18 bits per heavy atom. The Hall–Kier alpha value is -0.850. The fourth-order valence-corrected chi connectivity index (χ4v) is 2.19. The Morgan fingerprint density at radius 3 is 2.65 bits per heavy atom. The molecule has 0 bridgehead atoms. The van der Waals surface area contributed by atoms with Crippen molar-refractivity contribution in [2.75, 3.05) is 30.5 Å². The monoisotopic (exact) mass is 278 g/mol. The zero-order valence-corrected chi connectivity index (χ0v) is 11.3. The zero-order chi connectivity index (χ0) is 13.1.